The number of nitrogens with zero attached hydrogens (tertiary/aromatic N) is 4. The van der Waals surface area contributed by atoms with Gasteiger partial charge in [-0.15, -0.1) is 0 Å². The monoisotopic (exact) mass is 562 g/mol. The van der Waals surface area contributed by atoms with Gasteiger partial charge in [0.2, 0.25) is 0 Å². The number of para-hydroxylation sites is 1. The Morgan fingerprint density at radius 1 is 1.00 bits per heavy atom. The van der Waals surface area contributed by atoms with Crippen molar-refractivity contribution >= 4 is 22.8 Å². The van der Waals surface area contributed by atoms with E-state index >= 15 is 0 Å². The third-order valence-corrected chi connectivity index (χ3v) is 6.95. The molecule has 0 spiro atoms. The lowest BCUT2D eigenvalue weighted by Crippen LogP contribution is -2.21. The van der Waals surface area contributed by atoms with Gasteiger partial charge in [-0.25, -0.2) is 4.98 Å². The maximum Gasteiger partial charge on any atom is 0.282 e. The van der Waals surface area contributed by atoms with E-state index in [0.717, 1.165) is 28.0 Å². The fourth-order valence-corrected chi connectivity index (χ4v) is 4.71. The number of methoxy groups -OCH3 is 1. The molecule has 0 N–H and O–H groups in total. The molecule has 0 saturated heterocycles. The van der Waals surface area contributed by atoms with E-state index in [1.165, 1.54) is 29.1 Å². The molecule has 4 aromatic carbocycles. The summed E-state index contributed by atoms with van der Waals surface area (Å²) in [6, 6.07) is 24.8. The van der Waals surface area contributed by atoms with Crippen LogP contribution in [0, 0.1) is 17.0 Å². The number of aryl methyl sites for hydroxylation is 1. The van der Waals surface area contributed by atoms with E-state index in [0.29, 0.717) is 28.0 Å². The highest BCUT2D eigenvalue weighted by molar-refractivity contribution is 5.85. The van der Waals surface area contributed by atoms with Crippen molar-refractivity contribution in [3.05, 3.63) is 128 Å². The van der Waals surface area contributed by atoms with Crippen molar-refractivity contribution in [3.63, 3.8) is 0 Å². The molecule has 0 radical (unpaired) electrons. The normalized spacial score (nSPS) is 11.4. The number of hydrogen-bond acceptors (Lipinski definition) is 7. The van der Waals surface area contributed by atoms with Crippen molar-refractivity contribution in [1.29, 1.82) is 0 Å². The number of ether oxygens (including phenoxy) is 2. The van der Waals surface area contributed by atoms with Crippen molar-refractivity contribution < 1.29 is 14.4 Å². The Balaban J connectivity index is 1.67. The van der Waals surface area contributed by atoms with E-state index in [1.54, 1.807) is 25.3 Å². The predicted octanol–water partition coefficient (Wildman–Crippen LogP) is 6.87. The number of nitro benzene ring substituents is 1. The molecule has 9 nitrogen and oxygen atoms in total. The molecule has 5 aromatic rings. The van der Waals surface area contributed by atoms with Crippen LogP contribution in [0.5, 0.6) is 11.5 Å². The van der Waals surface area contributed by atoms with Gasteiger partial charge in [0.25, 0.3) is 11.2 Å². The second-order valence-electron chi connectivity index (χ2n) is 10.1. The number of non-ortho nitro benzene ring substituents is 1. The summed E-state index contributed by atoms with van der Waals surface area (Å²) in [5.41, 5.74) is 3.86. The molecule has 212 valence electrons. The van der Waals surface area contributed by atoms with Crippen molar-refractivity contribution in [3.8, 4) is 22.9 Å². The molecule has 42 heavy (non-hydrogen) atoms. The fourth-order valence-electron chi connectivity index (χ4n) is 4.71. The topological polar surface area (TPSA) is 109 Å². The molecule has 0 aliphatic carbocycles. The number of rotatable bonds is 9. The van der Waals surface area contributed by atoms with Gasteiger partial charge in [-0.1, -0.05) is 56.3 Å². The maximum atomic E-state index is 13.8. The first-order valence-electron chi connectivity index (χ1n) is 13.5. The Morgan fingerprint density at radius 3 is 2.45 bits per heavy atom. The Kier molecular flexibility index (Phi) is 8.10. The zero-order valence-electron chi connectivity index (χ0n) is 23.8. The van der Waals surface area contributed by atoms with E-state index < -0.39 is 4.92 Å². The summed E-state index contributed by atoms with van der Waals surface area (Å²) in [6.07, 6.45) is 1.40. The number of fused-ring (bicyclic) bond motifs is 1. The van der Waals surface area contributed by atoms with Crippen LogP contribution in [0.25, 0.3) is 22.3 Å². The molecule has 0 amide bonds. The quantitative estimate of drug-likeness (QED) is 0.110. The summed E-state index contributed by atoms with van der Waals surface area (Å²) < 4.78 is 12.9. The summed E-state index contributed by atoms with van der Waals surface area (Å²) >= 11 is 0. The summed E-state index contributed by atoms with van der Waals surface area (Å²) in [6.45, 7) is 6.31. The average molecular weight is 563 g/mol. The predicted molar refractivity (Wildman–Crippen MR) is 164 cm³/mol. The van der Waals surface area contributed by atoms with Gasteiger partial charge in [-0.2, -0.15) is 9.78 Å². The summed E-state index contributed by atoms with van der Waals surface area (Å²) in [5, 5.41) is 16.5. The molecular formula is C33H30N4O5. The van der Waals surface area contributed by atoms with Crippen LogP contribution in [0.1, 0.15) is 42.0 Å². The van der Waals surface area contributed by atoms with E-state index in [9.17, 15) is 14.9 Å². The Bertz CT molecular complexity index is 1860. The molecule has 0 unspecified atom stereocenters. The van der Waals surface area contributed by atoms with Crippen LogP contribution >= 0.6 is 0 Å². The highest BCUT2D eigenvalue weighted by atomic mass is 16.6. The Morgan fingerprint density at radius 2 is 1.74 bits per heavy atom. The smallest absolute Gasteiger partial charge is 0.282 e. The van der Waals surface area contributed by atoms with Gasteiger partial charge in [0, 0.05) is 23.3 Å². The van der Waals surface area contributed by atoms with E-state index in [2.05, 4.69) is 18.9 Å². The van der Waals surface area contributed by atoms with Crippen LogP contribution in [0.2, 0.25) is 0 Å². The first-order chi connectivity index (χ1) is 20.3. The Hall–Kier alpha value is -5.31. The second-order valence-corrected chi connectivity index (χ2v) is 10.1. The van der Waals surface area contributed by atoms with Gasteiger partial charge < -0.3 is 9.47 Å². The van der Waals surface area contributed by atoms with Crippen LogP contribution in [-0.4, -0.2) is 27.9 Å². The highest BCUT2D eigenvalue weighted by Gasteiger charge is 2.19. The molecule has 0 aliphatic rings. The highest BCUT2D eigenvalue weighted by Crippen LogP contribution is 2.34. The summed E-state index contributed by atoms with van der Waals surface area (Å²) in [5.74, 6) is 1.63. The van der Waals surface area contributed by atoms with E-state index in [4.69, 9.17) is 14.5 Å². The van der Waals surface area contributed by atoms with Gasteiger partial charge >= 0.3 is 0 Å². The van der Waals surface area contributed by atoms with Gasteiger partial charge in [0.05, 0.1) is 29.2 Å². The lowest BCUT2D eigenvalue weighted by Gasteiger charge is -2.17. The molecule has 0 aliphatic heterocycles. The van der Waals surface area contributed by atoms with Gasteiger partial charge in [0.1, 0.15) is 18.1 Å². The molecule has 1 aromatic heterocycles. The first-order valence-corrected chi connectivity index (χ1v) is 13.5. The molecule has 1 heterocycles. The zero-order chi connectivity index (χ0) is 29.8. The lowest BCUT2D eigenvalue weighted by atomic mass is 9.96. The van der Waals surface area contributed by atoms with Crippen LogP contribution < -0.4 is 15.0 Å². The minimum Gasteiger partial charge on any atom is -0.496 e. The molecule has 5 rings (SSSR count). The van der Waals surface area contributed by atoms with Crippen molar-refractivity contribution in [1.82, 2.24) is 9.66 Å². The van der Waals surface area contributed by atoms with Gasteiger partial charge in [0.15, 0.2) is 5.82 Å². The van der Waals surface area contributed by atoms with Crippen LogP contribution in [0.15, 0.2) is 94.8 Å². The van der Waals surface area contributed by atoms with Crippen LogP contribution in [0.3, 0.4) is 0 Å². The molecule has 0 atom stereocenters. The third kappa shape index (κ3) is 5.76. The van der Waals surface area contributed by atoms with Crippen molar-refractivity contribution in [2.24, 2.45) is 5.10 Å². The first kappa shape index (κ1) is 28.2. The third-order valence-electron chi connectivity index (χ3n) is 6.95. The molecular weight excluding hydrogens is 532 g/mol. The average Bonchev–Trinajstić information content (AvgIpc) is 2.99. The maximum absolute atomic E-state index is 13.8. The van der Waals surface area contributed by atoms with Gasteiger partial charge in [-0.3, -0.25) is 14.9 Å². The fraction of sp³-hybridized carbons (Fsp3) is 0.182. The van der Waals surface area contributed by atoms with Crippen molar-refractivity contribution in [2.75, 3.05) is 7.11 Å². The number of benzene rings is 4. The molecule has 0 saturated carbocycles. The molecule has 9 heteroatoms. The lowest BCUT2D eigenvalue weighted by molar-refractivity contribution is -0.384. The number of nitro groups is 1. The Labute approximate surface area is 242 Å². The van der Waals surface area contributed by atoms with E-state index in [1.807, 2.05) is 55.5 Å². The minimum atomic E-state index is -0.484. The SMILES string of the molecule is COc1cc(C)c(-c2nc3ccccc3c(=O)n2N=Cc2cc([N+](=O)[O-])ccc2OCc2ccccc2)cc1C(C)C. The number of aromatic nitrogens is 2. The van der Waals surface area contributed by atoms with Crippen molar-refractivity contribution in [2.45, 2.75) is 33.3 Å². The molecule has 0 bridgehead atoms. The van der Waals surface area contributed by atoms with Crippen LogP contribution in [0.4, 0.5) is 5.69 Å². The summed E-state index contributed by atoms with van der Waals surface area (Å²) in [4.78, 5) is 29.8. The van der Waals surface area contributed by atoms with Gasteiger partial charge in [-0.05, 0) is 59.9 Å². The number of hydrogen-bond donors (Lipinski definition) is 0. The largest absolute Gasteiger partial charge is 0.496 e. The second kappa shape index (κ2) is 12.1. The zero-order valence-corrected chi connectivity index (χ0v) is 23.8. The standard InChI is InChI=1S/C33H30N4O5/c1-21(2)27-18-28(22(3)16-31(27)41-4)32-35-29-13-9-8-12-26(29)33(38)36(32)34-19-24-17-25(37(39)40)14-15-30(24)42-20-23-10-6-5-7-11-23/h5-19,21H,20H2,1-4H3. The minimum absolute atomic E-state index is 0.125. The molecule has 0 fully saturated rings. The van der Waals surface area contributed by atoms with Crippen LogP contribution in [-0.2, 0) is 6.61 Å². The van der Waals surface area contributed by atoms with E-state index in [-0.39, 0.29) is 23.8 Å². The summed E-state index contributed by atoms with van der Waals surface area (Å²) in [7, 11) is 1.63.